The van der Waals surface area contributed by atoms with Crippen molar-refractivity contribution in [1.29, 1.82) is 5.26 Å². The van der Waals surface area contributed by atoms with E-state index in [9.17, 15) is 10.1 Å². The number of aryl methyl sites for hydroxylation is 1. The van der Waals surface area contributed by atoms with E-state index in [1.165, 1.54) is 0 Å². The smallest absolute Gasteiger partial charge is 0.272 e. The highest BCUT2D eigenvalue weighted by Crippen LogP contribution is 2.32. The Labute approximate surface area is 164 Å². The Bertz CT molecular complexity index is 939. The van der Waals surface area contributed by atoms with Crippen molar-refractivity contribution in [2.24, 2.45) is 7.05 Å². The molecule has 0 aromatic carbocycles. The van der Waals surface area contributed by atoms with E-state index in [-0.39, 0.29) is 18.1 Å². The lowest BCUT2D eigenvalue weighted by Gasteiger charge is -2.36. The molecule has 146 valence electrons. The van der Waals surface area contributed by atoms with Crippen LogP contribution in [-0.4, -0.2) is 57.9 Å². The van der Waals surface area contributed by atoms with E-state index in [0.29, 0.717) is 49.7 Å². The van der Waals surface area contributed by atoms with E-state index in [4.69, 9.17) is 4.74 Å². The molecule has 1 fully saturated rings. The van der Waals surface area contributed by atoms with Crippen LogP contribution < -0.4 is 4.90 Å². The van der Waals surface area contributed by atoms with E-state index in [2.05, 4.69) is 21.1 Å². The molecule has 1 amide bonds. The number of carbonyl (C=O) groups excluding carboxylic acids is 1. The third kappa shape index (κ3) is 3.12. The fourth-order valence-electron chi connectivity index (χ4n) is 4.14. The van der Waals surface area contributed by atoms with Crippen molar-refractivity contribution in [3.05, 3.63) is 40.8 Å². The van der Waals surface area contributed by atoms with Gasteiger partial charge in [0.05, 0.1) is 23.5 Å². The van der Waals surface area contributed by atoms with Crippen LogP contribution in [0.15, 0.2) is 18.3 Å². The Hall–Kier alpha value is -2.92. The zero-order valence-corrected chi connectivity index (χ0v) is 16.4. The van der Waals surface area contributed by atoms with Gasteiger partial charge in [0.25, 0.3) is 5.91 Å². The van der Waals surface area contributed by atoms with Gasteiger partial charge in [-0.25, -0.2) is 4.98 Å². The molecular weight excluding hydrogens is 356 g/mol. The highest BCUT2D eigenvalue weighted by atomic mass is 16.5. The minimum absolute atomic E-state index is 0.0127. The van der Waals surface area contributed by atoms with Gasteiger partial charge in [-0.2, -0.15) is 10.4 Å². The number of carbonyl (C=O) groups is 1. The lowest BCUT2D eigenvalue weighted by atomic mass is 9.99. The molecule has 0 bridgehead atoms. The normalized spacial score (nSPS) is 21.9. The highest BCUT2D eigenvalue weighted by Gasteiger charge is 2.34. The molecule has 4 rings (SSSR count). The molecule has 0 aliphatic carbocycles. The lowest BCUT2D eigenvalue weighted by molar-refractivity contribution is -0.00714. The van der Waals surface area contributed by atoms with Gasteiger partial charge in [0.2, 0.25) is 0 Å². The van der Waals surface area contributed by atoms with Gasteiger partial charge >= 0.3 is 0 Å². The maximum Gasteiger partial charge on any atom is 0.272 e. The first-order valence-corrected chi connectivity index (χ1v) is 9.60. The molecule has 0 radical (unpaired) electrons. The van der Waals surface area contributed by atoms with Crippen LogP contribution in [0.2, 0.25) is 0 Å². The molecule has 2 aliphatic heterocycles. The molecule has 0 N–H and O–H groups in total. The molecule has 2 aromatic rings. The number of aromatic nitrogens is 3. The number of fused-ring (bicyclic) bond motifs is 1. The van der Waals surface area contributed by atoms with Gasteiger partial charge in [0.15, 0.2) is 0 Å². The number of hydrogen-bond donors (Lipinski definition) is 0. The van der Waals surface area contributed by atoms with Crippen LogP contribution in [0.3, 0.4) is 0 Å². The van der Waals surface area contributed by atoms with Crippen molar-refractivity contribution < 1.29 is 9.53 Å². The first-order valence-electron chi connectivity index (χ1n) is 9.60. The number of ether oxygens (including phenoxy) is 1. The maximum atomic E-state index is 13.3. The van der Waals surface area contributed by atoms with E-state index < -0.39 is 0 Å². The van der Waals surface area contributed by atoms with Crippen LogP contribution >= 0.6 is 0 Å². The molecule has 0 unspecified atom stereocenters. The van der Waals surface area contributed by atoms with E-state index in [1.54, 1.807) is 23.0 Å². The fourth-order valence-corrected chi connectivity index (χ4v) is 4.14. The van der Waals surface area contributed by atoms with Crippen molar-refractivity contribution >= 4 is 11.7 Å². The Morgan fingerprint density at radius 3 is 2.75 bits per heavy atom. The van der Waals surface area contributed by atoms with Crippen molar-refractivity contribution in [1.82, 2.24) is 19.7 Å². The summed E-state index contributed by atoms with van der Waals surface area (Å²) in [5, 5.41) is 13.9. The second-order valence-electron chi connectivity index (χ2n) is 7.39. The summed E-state index contributed by atoms with van der Waals surface area (Å²) in [6.45, 7) is 6.47. The molecule has 1 saturated heterocycles. The third-order valence-electron chi connectivity index (χ3n) is 5.47. The number of anilines is 1. The van der Waals surface area contributed by atoms with Gasteiger partial charge in [0.1, 0.15) is 17.6 Å². The van der Waals surface area contributed by atoms with Gasteiger partial charge in [-0.3, -0.25) is 9.48 Å². The second-order valence-corrected chi connectivity index (χ2v) is 7.39. The van der Waals surface area contributed by atoms with Crippen LogP contribution in [0.25, 0.3) is 0 Å². The van der Waals surface area contributed by atoms with Crippen LogP contribution in [0.5, 0.6) is 0 Å². The summed E-state index contributed by atoms with van der Waals surface area (Å²) in [6, 6.07) is 5.72. The van der Waals surface area contributed by atoms with Gasteiger partial charge in [-0.15, -0.1) is 0 Å². The quantitative estimate of drug-likeness (QED) is 0.788. The number of piperazine rings is 1. The zero-order chi connectivity index (χ0) is 19.8. The van der Waals surface area contributed by atoms with Gasteiger partial charge in [0, 0.05) is 51.4 Å². The summed E-state index contributed by atoms with van der Waals surface area (Å²) in [5.74, 6) is 0.702. The van der Waals surface area contributed by atoms with Crippen LogP contribution in [0, 0.1) is 11.3 Å². The average Bonchev–Trinajstić information content (AvgIpc) is 3.03. The summed E-state index contributed by atoms with van der Waals surface area (Å²) >= 11 is 0. The average molecular weight is 380 g/mol. The van der Waals surface area contributed by atoms with Gasteiger partial charge in [-0.1, -0.05) is 0 Å². The van der Waals surface area contributed by atoms with Crippen LogP contribution in [0.1, 0.15) is 47.3 Å². The Balaban J connectivity index is 1.52. The zero-order valence-electron chi connectivity index (χ0n) is 16.4. The number of nitriles is 1. The minimum atomic E-state index is -0.100. The van der Waals surface area contributed by atoms with Crippen molar-refractivity contribution in [2.75, 3.05) is 31.1 Å². The first-order chi connectivity index (χ1) is 13.5. The molecule has 0 spiro atoms. The topological polar surface area (TPSA) is 87.3 Å². The Kier molecular flexibility index (Phi) is 4.77. The number of rotatable bonds is 2. The molecule has 8 heteroatoms. The second kappa shape index (κ2) is 7.24. The summed E-state index contributed by atoms with van der Waals surface area (Å²) in [4.78, 5) is 21.6. The standard InChI is InChI=1S/C20H24N6O2/c1-13-11-16-17(14(2)28-13)23-24(3)18(16)20(27)26-9-7-25(8-10-26)19-15(12-21)5-4-6-22-19/h4-6,13-14H,7-11H2,1-3H3/t13-,14+/m1/s1. The third-order valence-corrected chi connectivity index (χ3v) is 5.47. The molecule has 2 aromatic heterocycles. The molecule has 4 heterocycles. The highest BCUT2D eigenvalue weighted by molar-refractivity contribution is 5.94. The Morgan fingerprint density at radius 2 is 2.04 bits per heavy atom. The summed E-state index contributed by atoms with van der Waals surface area (Å²) in [5.41, 5.74) is 3.11. The SMILES string of the molecule is C[C@@H]1Cc2c(nn(C)c2C(=O)N2CCN(c3ncccc3C#N)CC2)[C@H](C)O1. The maximum absolute atomic E-state index is 13.3. The van der Waals surface area contributed by atoms with Crippen molar-refractivity contribution in [3.63, 3.8) is 0 Å². The largest absolute Gasteiger partial charge is 0.369 e. The van der Waals surface area contributed by atoms with Crippen molar-refractivity contribution in [3.8, 4) is 6.07 Å². The van der Waals surface area contributed by atoms with Gasteiger partial charge < -0.3 is 14.5 Å². The first kappa shape index (κ1) is 18.4. The van der Waals surface area contributed by atoms with Crippen LogP contribution in [0.4, 0.5) is 5.82 Å². The van der Waals surface area contributed by atoms with Gasteiger partial charge in [-0.05, 0) is 26.0 Å². The predicted octanol–water partition coefficient (Wildman–Crippen LogP) is 1.67. The monoisotopic (exact) mass is 380 g/mol. The summed E-state index contributed by atoms with van der Waals surface area (Å²) < 4.78 is 7.55. The van der Waals surface area contributed by atoms with E-state index >= 15 is 0 Å². The van der Waals surface area contributed by atoms with E-state index in [1.807, 2.05) is 25.8 Å². The fraction of sp³-hybridized carbons (Fsp3) is 0.500. The minimum Gasteiger partial charge on any atom is -0.369 e. The number of hydrogen-bond acceptors (Lipinski definition) is 6. The lowest BCUT2D eigenvalue weighted by Crippen LogP contribution is -2.49. The summed E-state index contributed by atoms with van der Waals surface area (Å²) in [6.07, 6.45) is 2.37. The molecule has 28 heavy (non-hydrogen) atoms. The molecule has 2 aliphatic rings. The Morgan fingerprint density at radius 1 is 1.29 bits per heavy atom. The number of amides is 1. The number of nitrogens with zero attached hydrogens (tertiary/aromatic N) is 6. The summed E-state index contributed by atoms with van der Waals surface area (Å²) in [7, 11) is 1.83. The molecule has 2 atom stereocenters. The molecular formula is C20H24N6O2. The van der Waals surface area contributed by atoms with Crippen LogP contribution in [-0.2, 0) is 18.2 Å². The molecule has 8 nitrogen and oxygen atoms in total. The van der Waals surface area contributed by atoms with Crippen molar-refractivity contribution in [2.45, 2.75) is 32.5 Å². The van der Waals surface area contributed by atoms with E-state index in [0.717, 1.165) is 11.3 Å². The predicted molar refractivity (Wildman–Crippen MR) is 103 cm³/mol. The number of pyridine rings is 1. The molecule has 0 saturated carbocycles.